The summed E-state index contributed by atoms with van der Waals surface area (Å²) in [4.78, 5) is 0. The Labute approximate surface area is 139 Å². The van der Waals surface area contributed by atoms with Crippen LogP contribution in [0.5, 0.6) is 0 Å². The van der Waals surface area contributed by atoms with Gasteiger partial charge in [-0.1, -0.05) is 42.5 Å². The second-order valence-electron chi connectivity index (χ2n) is 5.67. The van der Waals surface area contributed by atoms with Crippen molar-refractivity contribution in [3.05, 3.63) is 72.6 Å². The number of anilines is 2. The number of nitrogens with zero attached hydrogens (tertiary/aromatic N) is 2. The maximum atomic E-state index is 4.35. The fourth-order valence-corrected chi connectivity index (χ4v) is 2.64. The van der Waals surface area contributed by atoms with Gasteiger partial charge in [0.1, 0.15) is 0 Å². The normalized spacial score (nSPS) is 10.7. The molecule has 0 atom stereocenters. The highest BCUT2D eigenvalue weighted by Crippen LogP contribution is 2.26. The second-order valence-corrected chi connectivity index (χ2v) is 5.67. The molecule has 2 aromatic carbocycles. The zero-order chi connectivity index (χ0) is 16.4. The first kappa shape index (κ1) is 14.3. The monoisotopic (exact) mass is 315 g/mol. The molecule has 0 aliphatic carbocycles. The van der Waals surface area contributed by atoms with E-state index in [2.05, 4.69) is 63.0 Å². The van der Waals surface area contributed by atoms with E-state index in [1.165, 1.54) is 5.56 Å². The second kappa shape index (κ2) is 6.04. The molecule has 0 unspecified atom stereocenters. The minimum Gasteiger partial charge on any atom is -0.339 e. The van der Waals surface area contributed by atoms with Crippen molar-refractivity contribution in [3.8, 4) is 22.4 Å². The Balaban J connectivity index is 1.55. The van der Waals surface area contributed by atoms with E-state index in [9.17, 15) is 0 Å². The topological polar surface area (TPSA) is 69.4 Å². The summed E-state index contributed by atoms with van der Waals surface area (Å²) >= 11 is 0. The quantitative estimate of drug-likeness (QED) is 0.518. The van der Waals surface area contributed by atoms with E-state index < -0.39 is 0 Å². The third kappa shape index (κ3) is 2.79. The Bertz CT molecular complexity index is 936. The molecule has 0 fully saturated rings. The van der Waals surface area contributed by atoms with Crippen molar-refractivity contribution in [2.45, 2.75) is 6.92 Å². The van der Waals surface area contributed by atoms with Crippen LogP contribution in [0.25, 0.3) is 22.4 Å². The number of aryl methyl sites for hydroxylation is 1. The molecular weight excluding hydrogens is 298 g/mol. The molecule has 0 amide bonds. The summed E-state index contributed by atoms with van der Waals surface area (Å²) < 4.78 is 0. The highest BCUT2D eigenvalue weighted by Gasteiger charge is 2.06. The maximum absolute atomic E-state index is 4.35. The zero-order valence-corrected chi connectivity index (χ0v) is 13.2. The predicted octanol–water partition coefficient (Wildman–Crippen LogP) is 4.52. The first-order valence-electron chi connectivity index (χ1n) is 7.77. The number of nitrogens with one attached hydrogen (secondary N) is 3. The van der Waals surface area contributed by atoms with Gasteiger partial charge in [-0.15, -0.1) is 0 Å². The molecule has 0 spiro atoms. The Morgan fingerprint density at radius 3 is 2.46 bits per heavy atom. The van der Waals surface area contributed by atoms with Crippen LogP contribution in [0.2, 0.25) is 0 Å². The van der Waals surface area contributed by atoms with E-state index in [1.807, 2.05) is 36.7 Å². The largest absolute Gasteiger partial charge is 0.339 e. The number of hydrogen-bond acceptors (Lipinski definition) is 3. The molecular formula is C19H17N5. The lowest BCUT2D eigenvalue weighted by Crippen LogP contribution is -1.92. The van der Waals surface area contributed by atoms with E-state index in [-0.39, 0.29) is 0 Å². The molecule has 2 heterocycles. The van der Waals surface area contributed by atoms with Gasteiger partial charge in [0.15, 0.2) is 5.82 Å². The number of H-pyrrole nitrogens is 2. The first-order valence-corrected chi connectivity index (χ1v) is 7.77. The van der Waals surface area contributed by atoms with Crippen LogP contribution in [0.4, 0.5) is 11.5 Å². The molecule has 4 rings (SSSR count). The number of benzene rings is 2. The van der Waals surface area contributed by atoms with Gasteiger partial charge in [0, 0.05) is 23.5 Å². The third-order valence-electron chi connectivity index (χ3n) is 4.01. The van der Waals surface area contributed by atoms with Gasteiger partial charge in [0.25, 0.3) is 0 Å². The summed E-state index contributed by atoms with van der Waals surface area (Å²) in [5, 5.41) is 17.6. The van der Waals surface area contributed by atoms with Crippen LogP contribution in [0.15, 0.2) is 67.0 Å². The van der Waals surface area contributed by atoms with Crippen molar-refractivity contribution in [2.75, 3.05) is 5.32 Å². The molecule has 5 heteroatoms. The molecule has 118 valence electrons. The fraction of sp³-hybridized carbons (Fsp3) is 0.0526. The molecule has 24 heavy (non-hydrogen) atoms. The lowest BCUT2D eigenvalue weighted by atomic mass is 10.1. The summed E-state index contributed by atoms with van der Waals surface area (Å²) in [5.41, 5.74) is 6.52. The molecule has 4 aromatic rings. The van der Waals surface area contributed by atoms with Crippen molar-refractivity contribution in [1.82, 2.24) is 20.4 Å². The van der Waals surface area contributed by atoms with Gasteiger partial charge in [-0.25, -0.2) is 0 Å². The van der Waals surface area contributed by atoms with Crippen LogP contribution >= 0.6 is 0 Å². The number of aromatic nitrogens is 4. The summed E-state index contributed by atoms with van der Waals surface area (Å²) in [6, 6.07) is 18.5. The molecule has 3 N–H and O–H groups in total. The standard InChI is InChI=1S/C19H17N5/c1-13-4-2-3-5-17(13)22-19-10-18(23-24-19)15-8-6-14(7-9-15)16-11-20-21-12-16/h2-12H,1H3,(H,20,21)(H2,22,23,24). The van der Waals surface area contributed by atoms with Crippen LogP contribution in [0.3, 0.4) is 0 Å². The van der Waals surface area contributed by atoms with E-state index in [0.29, 0.717) is 0 Å². The summed E-state index contributed by atoms with van der Waals surface area (Å²) in [7, 11) is 0. The number of para-hydroxylation sites is 1. The fourth-order valence-electron chi connectivity index (χ4n) is 2.64. The lowest BCUT2D eigenvalue weighted by Gasteiger charge is -2.05. The van der Waals surface area contributed by atoms with Crippen LogP contribution in [-0.2, 0) is 0 Å². The van der Waals surface area contributed by atoms with Crippen LogP contribution in [0, 0.1) is 6.92 Å². The van der Waals surface area contributed by atoms with Crippen molar-refractivity contribution in [2.24, 2.45) is 0 Å². The molecule has 0 aliphatic heterocycles. The van der Waals surface area contributed by atoms with Gasteiger partial charge in [-0.2, -0.15) is 10.2 Å². The number of aromatic amines is 2. The van der Waals surface area contributed by atoms with E-state index in [4.69, 9.17) is 0 Å². The van der Waals surface area contributed by atoms with Gasteiger partial charge in [0.05, 0.1) is 11.9 Å². The molecule has 0 bridgehead atoms. The smallest absolute Gasteiger partial charge is 0.152 e. The van der Waals surface area contributed by atoms with Gasteiger partial charge >= 0.3 is 0 Å². The predicted molar refractivity (Wildman–Crippen MR) is 96.1 cm³/mol. The average molecular weight is 315 g/mol. The molecule has 2 aromatic heterocycles. The lowest BCUT2D eigenvalue weighted by molar-refractivity contribution is 1.09. The summed E-state index contributed by atoms with van der Waals surface area (Å²) in [6.45, 7) is 2.07. The molecule has 0 radical (unpaired) electrons. The van der Waals surface area contributed by atoms with Gasteiger partial charge < -0.3 is 5.32 Å². The minimum atomic E-state index is 0.804. The molecule has 0 saturated heterocycles. The van der Waals surface area contributed by atoms with Crippen LogP contribution < -0.4 is 5.32 Å². The summed E-state index contributed by atoms with van der Waals surface area (Å²) in [6.07, 6.45) is 3.70. The van der Waals surface area contributed by atoms with E-state index in [0.717, 1.165) is 33.9 Å². The Morgan fingerprint density at radius 2 is 1.71 bits per heavy atom. The highest BCUT2D eigenvalue weighted by molar-refractivity contribution is 5.70. The molecule has 0 saturated carbocycles. The van der Waals surface area contributed by atoms with Crippen molar-refractivity contribution < 1.29 is 0 Å². The van der Waals surface area contributed by atoms with Gasteiger partial charge in [-0.05, 0) is 29.7 Å². The number of hydrogen-bond donors (Lipinski definition) is 3. The Hall–Kier alpha value is -3.34. The summed E-state index contributed by atoms with van der Waals surface area (Å²) in [5.74, 6) is 0.804. The Morgan fingerprint density at radius 1 is 0.917 bits per heavy atom. The first-order chi connectivity index (χ1) is 11.8. The van der Waals surface area contributed by atoms with Gasteiger partial charge in [-0.3, -0.25) is 10.2 Å². The number of rotatable bonds is 4. The van der Waals surface area contributed by atoms with Crippen molar-refractivity contribution in [3.63, 3.8) is 0 Å². The van der Waals surface area contributed by atoms with E-state index in [1.54, 1.807) is 0 Å². The van der Waals surface area contributed by atoms with E-state index >= 15 is 0 Å². The molecule has 5 nitrogen and oxygen atoms in total. The van der Waals surface area contributed by atoms with Crippen molar-refractivity contribution in [1.29, 1.82) is 0 Å². The van der Waals surface area contributed by atoms with Gasteiger partial charge in [0.2, 0.25) is 0 Å². The highest BCUT2D eigenvalue weighted by atomic mass is 15.2. The maximum Gasteiger partial charge on any atom is 0.152 e. The average Bonchev–Trinajstić information content (AvgIpc) is 3.29. The SMILES string of the molecule is Cc1ccccc1Nc1cc(-c2ccc(-c3cn[nH]c3)cc2)[nH]n1. The van der Waals surface area contributed by atoms with Crippen molar-refractivity contribution >= 4 is 11.5 Å². The zero-order valence-electron chi connectivity index (χ0n) is 13.2. The Kier molecular flexibility index (Phi) is 3.59. The minimum absolute atomic E-state index is 0.804. The van der Waals surface area contributed by atoms with Crippen LogP contribution in [0.1, 0.15) is 5.56 Å². The van der Waals surface area contributed by atoms with Crippen LogP contribution in [-0.4, -0.2) is 20.4 Å². The molecule has 0 aliphatic rings. The third-order valence-corrected chi connectivity index (χ3v) is 4.01.